The van der Waals surface area contributed by atoms with E-state index in [2.05, 4.69) is 10.8 Å². The van der Waals surface area contributed by atoms with Crippen LogP contribution in [0.15, 0.2) is 0 Å². The Hall–Kier alpha value is -0.810. The van der Waals surface area contributed by atoms with Crippen LogP contribution >= 0.6 is 0 Å². The lowest BCUT2D eigenvalue weighted by Crippen LogP contribution is -2.39. The van der Waals surface area contributed by atoms with Gasteiger partial charge in [-0.25, -0.2) is 0 Å². The molecule has 2 nitrogen and oxygen atoms in total. The van der Waals surface area contributed by atoms with E-state index in [1.54, 1.807) is 0 Å². The molecule has 60 valence electrons. The van der Waals surface area contributed by atoms with Gasteiger partial charge in [-0.1, -0.05) is 12.8 Å². The summed E-state index contributed by atoms with van der Waals surface area (Å²) in [7, 11) is 0. The molecular weight excluding hydrogens is 138 g/mol. The Balaban J connectivity index is 2.41. The number of hydrogen-bond donors (Lipinski definition) is 0. The first-order chi connectivity index (χ1) is 5.24. The molecule has 1 unspecified atom stereocenters. The number of piperidine rings is 1. The van der Waals surface area contributed by atoms with Gasteiger partial charge in [-0.15, -0.1) is 6.42 Å². The van der Waals surface area contributed by atoms with Crippen LogP contribution in [0.4, 0.5) is 0 Å². The average Bonchev–Trinajstić information content (AvgIpc) is 1.98. The molecule has 1 heterocycles. The van der Waals surface area contributed by atoms with Crippen LogP contribution in [0, 0.1) is 18.3 Å². The molecule has 1 aliphatic rings. The number of nitrogens with zero attached hydrogens (tertiary/aromatic N) is 1. The van der Waals surface area contributed by atoms with Crippen LogP contribution in [0.25, 0.3) is 0 Å². The first-order valence-electron chi connectivity index (χ1n) is 3.92. The summed E-state index contributed by atoms with van der Waals surface area (Å²) in [5.74, 6) is 3.14. The quantitative estimate of drug-likeness (QED) is 0.509. The average molecular weight is 151 g/mol. The molecule has 11 heavy (non-hydrogen) atoms. The Morgan fingerprint density at radius 1 is 1.82 bits per heavy atom. The van der Waals surface area contributed by atoms with Gasteiger partial charge in [-0.3, -0.25) is 9.69 Å². The monoisotopic (exact) mass is 151 g/mol. The van der Waals surface area contributed by atoms with E-state index in [0.717, 1.165) is 13.1 Å². The molecule has 1 rings (SSSR count). The van der Waals surface area contributed by atoms with Crippen LogP contribution in [0.5, 0.6) is 0 Å². The van der Waals surface area contributed by atoms with Crippen LogP contribution in [-0.4, -0.2) is 30.3 Å². The van der Waals surface area contributed by atoms with E-state index < -0.39 is 0 Å². The third kappa shape index (κ3) is 2.06. The number of terminal acetylenes is 1. The zero-order valence-corrected chi connectivity index (χ0v) is 6.84. The second kappa shape index (κ2) is 3.54. The smallest absolute Gasteiger partial charge is 0.138 e. The molecule has 0 aromatic heterocycles. The highest BCUT2D eigenvalue weighted by Gasteiger charge is 2.22. The topological polar surface area (TPSA) is 20.3 Å². The van der Waals surface area contributed by atoms with E-state index in [0.29, 0.717) is 18.7 Å². The maximum Gasteiger partial charge on any atom is 0.138 e. The van der Waals surface area contributed by atoms with E-state index in [1.165, 1.54) is 0 Å². The maximum absolute atomic E-state index is 11.1. The van der Waals surface area contributed by atoms with Crippen LogP contribution < -0.4 is 0 Å². The van der Waals surface area contributed by atoms with Crippen molar-refractivity contribution in [1.29, 1.82) is 0 Å². The Bertz CT molecular complexity index is 192. The second-order valence-corrected chi connectivity index (χ2v) is 3.06. The second-order valence-electron chi connectivity index (χ2n) is 3.06. The van der Waals surface area contributed by atoms with Crippen molar-refractivity contribution in [2.24, 2.45) is 5.92 Å². The van der Waals surface area contributed by atoms with Crippen molar-refractivity contribution in [3.05, 3.63) is 0 Å². The third-order valence-corrected chi connectivity index (χ3v) is 2.07. The van der Waals surface area contributed by atoms with Crippen LogP contribution in [-0.2, 0) is 4.79 Å². The highest BCUT2D eigenvalue weighted by atomic mass is 16.1. The summed E-state index contributed by atoms with van der Waals surface area (Å²) in [5.41, 5.74) is 0. The summed E-state index contributed by atoms with van der Waals surface area (Å²) < 4.78 is 0. The van der Waals surface area contributed by atoms with Crippen molar-refractivity contribution in [1.82, 2.24) is 4.90 Å². The molecule has 0 radical (unpaired) electrons. The van der Waals surface area contributed by atoms with Gasteiger partial charge in [-0.05, 0) is 0 Å². The van der Waals surface area contributed by atoms with Crippen molar-refractivity contribution < 1.29 is 4.79 Å². The number of rotatable bonds is 1. The van der Waals surface area contributed by atoms with Crippen molar-refractivity contribution in [2.75, 3.05) is 19.6 Å². The van der Waals surface area contributed by atoms with Gasteiger partial charge in [0, 0.05) is 25.4 Å². The summed E-state index contributed by atoms with van der Waals surface area (Å²) in [6, 6.07) is 0. The first-order valence-corrected chi connectivity index (χ1v) is 3.92. The lowest BCUT2D eigenvalue weighted by molar-refractivity contribution is -0.125. The number of ketones is 1. The molecule has 0 aromatic carbocycles. The Morgan fingerprint density at radius 3 is 3.09 bits per heavy atom. The molecule has 0 aliphatic carbocycles. The van der Waals surface area contributed by atoms with Crippen LogP contribution in [0.2, 0.25) is 0 Å². The van der Waals surface area contributed by atoms with E-state index in [1.807, 2.05) is 6.92 Å². The molecule has 1 aliphatic heterocycles. The van der Waals surface area contributed by atoms with Crippen molar-refractivity contribution >= 4 is 5.78 Å². The Morgan fingerprint density at radius 2 is 2.55 bits per heavy atom. The Labute approximate surface area is 67.6 Å². The fraction of sp³-hybridized carbons (Fsp3) is 0.667. The van der Waals surface area contributed by atoms with Gasteiger partial charge in [0.25, 0.3) is 0 Å². The zero-order chi connectivity index (χ0) is 8.27. The van der Waals surface area contributed by atoms with Crippen molar-refractivity contribution in [3.8, 4) is 12.3 Å². The highest BCUT2D eigenvalue weighted by molar-refractivity contribution is 5.81. The number of carbonyl (C=O) groups excluding carboxylic acids is 1. The third-order valence-electron chi connectivity index (χ3n) is 2.07. The number of likely N-dealkylation sites (tertiary alicyclic amines) is 1. The molecule has 2 heteroatoms. The van der Waals surface area contributed by atoms with Gasteiger partial charge in [0.05, 0.1) is 6.54 Å². The van der Waals surface area contributed by atoms with E-state index >= 15 is 0 Å². The molecule has 0 spiro atoms. The first kappa shape index (κ1) is 8.29. The van der Waals surface area contributed by atoms with Crippen LogP contribution in [0.1, 0.15) is 13.3 Å². The van der Waals surface area contributed by atoms with Crippen molar-refractivity contribution in [2.45, 2.75) is 13.3 Å². The van der Waals surface area contributed by atoms with E-state index in [4.69, 9.17) is 6.42 Å². The predicted molar refractivity (Wildman–Crippen MR) is 44.1 cm³/mol. The minimum absolute atomic E-state index is 0.178. The largest absolute Gasteiger partial charge is 0.299 e. The SMILES string of the molecule is C#CCN1CCC(=O)C(C)C1. The molecule has 1 saturated heterocycles. The normalized spacial score (nSPS) is 26.5. The summed E-state index contributed by atoms with van der Waals surface area (Å²) in [6.45, 7) is 4.32. The molecular formula is C9H13NO. The zero-order valence-electron chi connectivity index (χ0n) is 6.84. The lowest BCUT2D eigenvalue weighted by Gasteiger charge is -2.27. The molecule has 0 bridgehead atoms. The van der Waals surface area contributed by atoms with Gasteiger partial charge in [0.2, 0.25) is 0 Å². The molecule has 1 atom stereocenters. The minimum Gasteiger partial charge on any atom is -0.299 e. The molecule has 0 N–H and O–H groups in total. The molecule has 0 amide bonds. The molecule has 0 saturated carbocycles. The van der Waals surface area contributed by atoms with Crippen molar-refractivity contribution in [3.63, 3.8) is 0 Å². The summed E-state index contributed by atoms with van der Waals surface area (Å²) in [4.78, 5) is 13.2. The van der Waals surface area contributed by atoms with Gasteiger partial charge in [0.1, 0.15) is 5.78 Å². The van der Waals surface area contributed by atoms with E-state index in [9.17, 15) is 4.79 Å². The fourth-order valence-corrected chi connectivity index (χ4v) is 1.37. The standard InChI is InChI=1S/C9H13NO/c1-3-5-10-6-4-9(11)8(2)7-10/h1,8H,4-7H2,2H3. The number of carbonyl (C=O) groups is 1. The predicted octanol–water partition coefficient (Wildman–Crippen LogP) is 0.531. The number of Topliss-reactive ketones (excluding diaryl/α,β-unsaturated/α-hetero) is 1. The van der Waals surface area contributed by atoms with E-state index in [-0.39, 0.29) is 5.92 Å². The summed E-state index contributed by atoms with van der Waals surface area (Å²) >= 11 is 0. The van der Waals surface area contributed by atoms with Gasteiger partial charge >= 0.3 is 0 Å². The van der Waals surface area contributed by atoms with Gasteiger partial charge in [0.15, 0.2) is 0 Å². The Kier molecular flexibility index (Phi) is 2.67. The van der Waals surface area contributed by atoms with Gasteiger partial charge in [-0.2, -0.15) is 0 Å². The lowest BCUT2D eigenvalue weighted by atomic mass is 9.99. The number of hydrogen-bond acceptors (Lipinski definition) is 2. The summed E-state index contributed by atoms with van der Waals surface area (Å²) in [5, 5.41) is 0. The summed E-state index contributed by atoms with van der Waals surface area (Å²) in [6.07, 6.45) is 5.83. The highest BCUT2D eigenvalue weighted by Crippen LogP contribution is 2.10. The minimum atomic E-state index is 0.178. The molecule has 1 fully saturated rings. The maximum atomic E-state index is 11.1. The van der Waals surface area contributed by atoms with Gasteiger partial charge < -0.3 is 0 Å². The molecule has 0 aromatic rings. The van der Waals surface area contributed by atoms with Crippen LogP contribution in [0.3, 0.4) is 0 Å². The fourth-order valence-electron chi connectivity index (χ4n) is 1.37.